The highest BCUT2D eigenvalue weighted by Crippen LogP contribution is 2.19. The summed E-state index contributed by atoms with van der Waals surface area (Å²) in [7, 11) is -3.92. The summed E-state index contributed by atoms with van der Waals surface area (Å²) < 4.78 is 29.6. The molecule has 8 heteroatoms. The van der Waals surface area contributed by atoms with Gasteiger partial charge in [-0.05, 0) is 49.1 Å². The lowest BCUT2D eigenvalue weighted by Gasteiger charge is -2.17. The smallest absolute Gasteiger partial charge is 0.321 e. The molecule has 0 aliphatic carbocycles. The number of para-hydroxylation sites is 2. The van der Waals surface area contributed by atoms with Crippen molar-refractivity contribution in [3.63, 3.8) is 0 Å². The number of hydrogen-bond donors (Lipinski definition) is 2. The maximum atomic E-state index is 12.6. The maximum Gasteiger partial charge on any atom is 0.321 e. The van der Waals surface area contributed by atoms with E-state index in [0.29, 0.717) is 6.54 Å². The molecule has 154 valence electrons. The summed E-state index contributed by atoms with van der Waals surface area (Å²) in [6.07, 6.45) is 0.222. The molecule has 1 heterocycles. The fraction of sp³-hybridized carbons (Fsp3) is 0.333. The number of aryl methyl sites for hydroxylation is 1. The van der Waals surface area contributed by atoms with Gasteiger partial charge in [0.2, 0.25) is 10.0 Å². The molecule has 0 amide bonds. The van der Waals surface area contributed by atoms with Crippen molar-refractivity contribution in [2.24, 2.45) is 5.92 Å². The number of fused-ring (bicyclic) bond motifs is 1. The summed E-state index contributed by atoms with van der Waals surface area (Å²) >= 11 is 0. The van der Waals surface area contributed by atoms with Gasteiger partial charge in [0, 0.05) is 6.54 Å². The van der Waals surface area contributed by atoms with Gasteiger partial charge in [-0.2, -0.15) is 4.72 Å². The van der Waals surface area contributed by atoms with Gasteiger partial charge in [0.05, 0.1) is 15.9 Å². The van der Waals surface area contributed by atoms with Crippen molar-refractivity contribution >= 4 is 27.0 Å². The van der Waals surface area contributed by atoms with Crippen LogP contribution in [0.1, 0.15) is 31.7 Å². The molecule has 7 nitrogen and oxygen atoms in total. The first-order valence-electron chi connectivity index (χ1n) is 9.43. The molecule has 2 N–H and O–H groups in total. The molecule has 0 radical (unpaired) electrons. The molecule has 2 aromatic carbocycles. The number of sulfonamides is 1. The average molecular weight is 416 g/mol. The standard InChI is InChI=1S/C21H25N3O4S/c1-14(2)12-19(21(25)26)23-29(27,28)17-10-8-16(9-11-17)13-24-15(3)22-18-6-4-5-7-20(18)24/h4-11,14,19,23H,12-13H2,1-3H3,(H,25,26)/t19-/m0/s1. The molecule has 1 atom stereocenters. The molecule has 0 bridgehead atoms. The summed E-state index contributed by atoms with van der Waals surface area (Å²) in [5, 5.41) is 9.30. The fourth-order valence-electron chi connectivity index (χ4n) is 3.28. The zero-order valence-corrected chi connectivity index (χ0v) is 17.5. The highest BCUT2D eigenvalue weighted by molar-refractivity contribution is 7.89. The van der Waals surface area contributed by atoms with E-state index in [4.69, 9.17) is 0 Å². The Hall–Kier alpha value is -2.71. The third-order valence-electron chi connectivity index (χ3n) is 4.72. The van der Waals surface area contributed by atoms with E-state index >= 15 is 0 Å². The van der Waals surface area contributed by atoms with E-state index in [9.17, 15) is 18.3 Å². The van der Waals surface area contributed by atoms with Gasteiger partial charge in [0.1, 0.15) is 11.9 Å². The summed E-state index contributed by atoms with van der Waals surface area (Å²) in [6, 6.07) is 13.2. The molecule has 0 aliphatic rings. The zero-order valence-electron chi connectivity index (χ0n) is 16.7. The number of carbonyl (C=O) groups is 1. The largest absolute Gasteiger partial charge is 0.480 e. The Balaban J connectivity index is 1.80. The van der Waals surface area contributed by atoms with Crippen LogP contribution >= 0.6 is 0 Å². The number of nitrogens with one attached hydrogen (secondary N) is 1. The van der Waals surface area contributed by atoms with Gasteiger partial charge in [0.15, 0.2) is 0 Å². The van der Waals surface area contributed by atoms with Crippen LogP contribution < -0.4 is 4.72 Å². The predicted octanol–water partition coefficient (Wildman–Crippen LogP) is 3.17. The third kappa shape index (κ3) is 4.83. The molecule has 0 spiro atoms. The minimum Gasteiger partial charge on any atom is -0.480 e. The number of hydrogen-bond acceptors (Lipinski definition) is 4. The number of imidazole rings is 1. The van der Waals surface area contributed by atoms with Crippen molar-refractivity contribution in [2.75, 3.05) is 0 Å². The molecule has 3 aromatic rings. The van der Waals surface area contributed by atoms with Gasteiger partial charge in [-0.1, -0.05) is 38.1 Å². The molecule has 0 saturated heterocycles. The highest BCUT2D eigenvalue weighted by Gasteiger charge is 2.26. The number of rotatable bonds is 8. The van der Waals surface area contributed by atoms with Crippen molar-refractivity contribution in [1.29, 1.82) is 0 Å². The number of benzene rings is 2. The summed E-state index contributed by atoms with van der Waals surface area (Å²) in [5.74, 6) is -0.252. The first kappa shape index (κ1) is 21.0. The van der Waals surface area contributed by atoms with Crippen LogP contribution in [0.2, 0.25) is 0 Å². The van der Waals surface area contributed by atoms with E-state index in [0.717, 1.165) is 22.4 Å². The lowest BCUT2D eigenvalue weighted by Crippen LogP contribution is -2.41. The van der Waals surface area contributed by atoms with Crippen LogP contribution in [0.5, 0.6) is 0 Å². The van der Waals surface area contributed by atoms with Crippen molar-refractivity contribution in [2.45, 2.75) is 44.7 Å². The second-order valence-electron chi connectivity index (χ2n) is 7.52. The molecule has 0 fully saturated rings. The van der Waals surface area contributed by atoms with Crippen LogP contribution in [0.25, 0.3) is 11.0 Å². The Kier molecular flexibility index (Phi) is 6.04. The third-order valence-corrected chi connectivity index (χ3v) is 6.21. The number of aromatic nitrogens is 2. The van der Waals surface area contributed by atoms with Gasteiger partial charge in [-0.15, -0.1) is 0 Å². The summed E-state index contributed by atoms with van der Waals surface area (Å²) in [6.45, 7) is 6.19. The fourth-order valence-corrected chi connectivity index (χ4v) is 4.48. The van der Waals surface area contributed by atoms with Crippen LogP contribution in [0.15, 0.2) is 53.4 Å². The summed E-state index contributed by atoms with van der Waals surface area (Å²) in [5.41, 5.74) is 2.85. The van der Waals surface area contributed by atoms with Crippen molar-refractivity contribution < 1.29 is 18.3 Å². The number of nitrogens with zero attached hydrogens (tertiary/aromatic N) is 2. The second-order valence-corrected chi connectivity index (χ2v) is 9.23. The van der Waals surface area contributed by atoms with E-state index in [2.05, 4.69) is 14.3 Å². The minimum absolute atomic E-state index is 0.0449. The number of aliphatic carboxylic acids is 1. The van der Waals surface area contributed by atoms with Crippen LogP contribution in [-0.2, 0) is 21.4 Å². The Labute approximate surface area is 170 Å². The number of carboxylic acid groups (broad SMARTS) is 1. The molecular weight excluding hydrogens is 390 g/mol. The quantitative estimate of drug-likeness (QED) is 0.588. The van der Waals surface area contributed by atoms with E-state index in [-0.39, 0.29) is 17.2 Å². The molecule has 3 rings (SSSR count). The van der Waals surface area contributed by atoms with Gasteiger partial charge in [-0.25, -0.2) is 13.4 Å². The average Bonchev–Trinajstić information content (AvgIpc) is 2.96. The lowest BCUT2D eigenvalue weighted by molar-refractivity contribution is -0.139. The number of carboxylic acids is 1. The van der Waals surface area contributed by atoms with Gasteiger partial charge in [-0.3, -0.25) is 4.79 Å². The van der Waals surface area contributed by atoms with E-state index in [1.165, 1.54) is 12.1 Å². The van der Waals surface area contributed by atoms with Gasteiger partial charge in [0.25, 0.3) is 0 Å². The van der Waals surface area contributed by atoms with Crippen molar-refractivity contribution in [3.8, 4) is 0 Å². The van der Waals surface area contributed by atoms with Crippen molar-refractivity contribution in [1.82, 2.24) is 14.3 Å². The Morgan fingerprint density at radius 3 is 2.41 bits per heavy atom. The topological polar surface area (TPSA) is 101 Å². The Bertz CT molecular complexity index is 1120. The van der Waals surface area contributed by atoms with Gasteiger partial charge < -0.3 is 9.67 Å². The van der Waals surface area contributed by atoms with Crippen LogP contribution in [0.3, 0.4) is 0 Å². The molecule has 1 aromatic heterocycles. The summed E-state index contributed by atoms with van der Waals surface area (Å²) in [4.78, 5) is 16.0. The highest BCUT2D eigenvalue weighted by atomic mass is 32.2. The zero-order chi connectivity index (χ0) is 21.2. The predicted molar refractivity (Wildman–Crippen MR) is 111 cm³/mol. The second kappa shape index (κ2) is 8.34. The Morgan fingerprint density at radius 2 is 1.79 bits per heavy atom. The molecule has 0 aliphatic heterocycles. The van der Waals surface area contributed by atoms with E-state index < -0.39 is 22.0 Å². The Morgan fingerprint density at radius 1 is 1.14 bits per heavy atom. The first-order chi connectivity index (χ1) is 13.7. The first-order valence-corrected chi connectivity index (χ1v) is 10.9. The van der Waals surface area contributed by atoms with E-state index in [1.54, 1.807) is 12.1 Å². The van der Waals surface area contributed by atoms with Crippen LogP contribution in [0.4, 0.5) is 0 Å². The molecule has 0 saturated carbocycles. The molecular formula is C21H25N3O4S. The van der Waals surface area contributed by atoms with E-state index in [1.807, 2.05) is 45.0 Å². The van der Waals surface area contributed by atoms with Crippen LogP contribution in [-0.4, -0.2) is 35.1 Å². The molecule has 0 unspecified atom stereocenters. The normalized spacial score (nSPS) is 13.1. The van der Waals surface area contributed by atoms with Crippen LogP contribution in [0, 0.1) is 12.8 Å². The molecule has 29 heavy (non-hydrogen) atoms. The SMILES string of the molecule is Cc1nc2ccccc2n1Cc1ccc(S(=O)(=O)N[C@@H](CC(C)C)C(=O)O)cc1. The maximum absolute atomic E-state index is 12.6. The van der Waals surface area contributed by atoms with Gasteiger partial charge >= 0.3 is 5.97 Å². The lowest BCUT2D eigenvalue weighted by atomic mass is 10.1. The van der Waals surface area contributed by atoms with Crippen molar-refractivity contribution in [3.05, 3.63) is 59.9 Å². The monoisotopic (exact) mass is 415 g/mol. The minimum atomic E-state index is -3.92.